The molecule has 0 aromatic carbocycles. The normalized spacial score (nSPS) is 28.8. The number of fused-ring (bicyclic) bond motifs is 1. The third-order valence-corrected chi connectivity index (χ3v) is 6.61. The van der Waals surface area contributed by atoms with Gasteiger partial charge in [-0.2, -0.15) is 5.10 Å². The lowest BCUT2D eigenvalue weighted by Gasteiger charge is -2.33. The van der Waals surface area contributed by atoms with Crippen LogP contribution in [-0.2, 0) is 11.8 Å². The van der Waals surface area contributed by atoms with E-state index in [-0.39, 0.29) is 11.9 Å². The van der Waals surface area contributed by atoms with E-state index in [4.69, 9.17) is 0 Å². The first-order valence-electron chi connectivity index (χ1n) is 10.4. The van der Waals surface area contributed by atoms with Gasteiger partial charge in [-0.05, 0) is 43.9 Å². The minimum Gasteiger partial charge on any atom is -0.352 e. The van der Waals surface area contributed by atoms with Gasteiger partial charge in [-0.1, -0.05) is 12.8 Å². The molecule has 1 aromatic rings. The van der Waals surface area contributed by atoms with Gasteiger partial charge in [0.25, 0.3) is 5.91 Å². The second-order valence-corrected chi connectivity index (χ2v) is 8.49. The van der Waals surface area contributed by atoms with Crippen molar-refractivity contribution in [1.29, 1.82) is 0 Å². The second kappa shape index (κ2) is 8.00. The molecule has 1 aromatic heterocycles. The Bertz CT molecular complexity index is 666. The van der Waals surface area contributed by atoms with E-state index < -0.39 is 0 Å². The highest BCUT2D eigenvalue weighted by Gasteiger charge is 2.40. The molecule has 3 heterocycles. The second-order valence-electron chi connectivity index (χ2n) is 8.49. The third kappa shape index (κ3) is 4.18. The molecule has 3 aliphatic rings. The molecule has 1 aliphatic carbocycles. The smallest absolute Gasteiger partial charge is 0.254 e. The molecule has 2 N–H and O–H groups in total. The van der Waals surface area contributed by atoms with E-state index in [0.29, 0.717) is 35.9 Å². The first-order valence-corrected chi connectivity index (χ1v) is 10.4. The van der Waals surface area contributed by atoms with Crippen molar-refractivity contribution >= 4 is 11.8 Å². The summed E-state index contributed by atoms with van der Waals surface area (Å²) < 4.78 is 1.63. The summed E-state index contributed by atoms with van der Waals surface area (Å²) in [6, 6.07) is 0.591. The van der Waals surface area contributed by atoms with Crippen LogP contribution in [0.5, 0.6) is 0 Å². The molecule has 3 unspecified atom stereocenters. The summed E-state index contributed by atoms with van der Waals surface area (Å²) in [6.07, 6.45) is 11.4. The van der Waals surface area contributed by atoms with Gasteiger partial charge in [0.05, 0.1) is 17.8 Å². The molecule has 2 aliphatic heterocycles. The summed E-state index contributed by atoms with van der Waals surface area (Å²) in [6.45, 7) is 2.28. The average molecular weight is 374 g/mol. The topological polar surface area (TPSA) is 79.3 Å². The quantitative estimate of drug-likeness (QED) is 0.834. The lowest BCUT2D eigenvalue weighted by Crippen LogP contribution is -2.49. The Hall–Kier alpha value is -1.89. The summed E-state index contributed by atoms with van der Waals surface area (Å²) in [5.74, 6) is 1.36. The molecule has 0 spiro atoms. The highest BCUT2D eigenvalue weighted by atomic mass is 16.2. The van der Waals surface area contributed by atoms with Crippen molar-refractivity contribution in [2.75, 3.05) is 19.6 Å². The maximum absolute atomic E-state index is 12.9. The van der Waals surface area contributed by atoms with Gasteiger partial charge in [-0.3, -0.25) is 14.3 Å². The van der Waals surface area contributed by atoms with Gasteiger partial charge in [0.1, 0.15) is 0 Å². The molecule has 0 radical (unpaired) electrons. The van der Waals surface area contributed by atoms with Crippen LogP contribution in [0.4, 0.5) is 0 Å². The predicted octanol–water partition coefficient (Wildman–Crippen LogP) is 1.31. The van der Waals surface area contributed by atoms with E-state index in [1.807, 2.05) is 4.90 Å². The Morgan fingerprint density at radius 1 is 1.22 bits per heavy atom. The molecule has 4 rings (SSSR count). The van der Waals surface area contributed by atoms with E-state index in [9.17, 15) is 9.59 Å². The zero-order chi connectivity index (χ0) is 18.8. The number of nitrogens with one attached hydrogen (secondary N) is 2. The molecule has 2 amide bonds. The lowest BCUT2D eigenvalue weighted by atomic mass is 9.85. The number of aromatic nitrogens is 2. The fourth-order valence-corrected chi connectivity index (χ4v) is 4.97. The summed E-state index contributed by atoms with van der Waals surface area (Å²) in [5.41, 5.74) is 0.596. The number of hydrogen-bond acceptors (Lipinski definition) is 4. The molecule has 0 bridgehead atoms. The highest BCUT2D eigenvalue weighted by Crippen LogP contribution is 2.34. The Labute approximate surface area is 160 Å². The standard InChI is InChI=1S/C20H31N5O2/c1-24-13-16(12-22-24)19(26)21-11-14-6-8-25(9-7-14)20(27)18-10-15-4-2-3-5-17(15)23-18/h12-15,17-18,23H,2-11H2,1H3,(H,21,26). The number of piperidine rings is 1. The minimum atomic E-state index is -0.0700. The van der Waals surface area contributed by atoms with Crippen molar-refractivity contribution in [1.82, 2.24) is 25.3 Å². The molecule has 2 saturated heterocycles. The van der Waals surface area contributed by atoms with Crippen LogP contribution >= 0.6 is 0 Å². The fourth-order valence-electron chi connectivity index (χ4n) is 4.97. The van der Waals surface area contributed by atoms with Crippen molar-refractivity contribution in [3.63, 3.8) is 0 Å². The molecule has 148 valence electrons. The van der Waals surface area contributed by atoms with Gasteiger partial charge < -0.3 is 15.5 Å². The van der Waals surface area contributed by atoms with E-state index in [2.05, 4.69) is 15.7 Å². The molecule has 3 atom stereocenters. The number of carbonyl (C=O) groups excluding carboxylic acids is 2. The van der Waals surface area contributed by atoms with Crippen LogP contribution in [0.1, 0.15) is 55.3 Å². The Morgan fingerprint density at radius 3 is 2.70 bits per heavy atom. The third-order valence-electron chi connectivity index (χ3n) is 6.61. The minimum absolute atomic E-state index is 0.0277. The first kappa shape index (κ1) is 18.5. The maximum Gasteiger partial charge on any atom is 0.254 e. The largest absolute Gasteiger partial charge is 0.352 e. The Morgan fingerprint density at radius 2 is 2.00 bits per heavy atom. The first-order chi connectivity index (χ1) is 13.1. The van der Waals surface area contributed by atoms with E-state index >= 15 is 0 Å². The number of rotatable bonds is 4. The molecule has 27 heavy (non-hydrogen) atoms. The number of amides is 2. The summed E-state index contributed by atoms with van der Waals surface area (Å²) in [4.78, 5) is 27.1. The van der Waals surface area contributed by atoms with Crippen LogP contribution in [0.3, 0.4) is 0 Å². The highest BCUT2D eigenvalue weighted by molar-refractivity contribution is 5.93. The van der Waals surface area contributed by atoms with Crippen LogP contribution in [0, 0.1) is 11.8 Å². The number of hydrogen-bond donors (Lipinski definition) is 2. The Balaban J connectivity index is 1.21. The molecular formula is C20H31N5O2. The van der Waals surface area contributed by atoms with Crippen LogP contribution in [0.15, 0.2) is 12.4 Å². The predicted molar refractivity (Wildman–Crippen MR) is 102 cm³/mol. The lowest BCUT2D eigenvalue weighted by molar-refractivity contribution is -0.134. The average Bonchev–Trinajstić information content (AvgIpc) is 3.32. The molecular weight excluding hydrogens is 342 g/mol. The molecule has 1 saturated carbocycles. The van der Waals surface area contributed by atoms with Crippen molar-refractivity contribution in [2.24, 2.45) is 18.9 Å². The maximum atomic E-state index is 12.9. The van der Waals surface area contributed by atoms with E-state index in [1.165, 1.54) is 25.7 Å². The van der Waals surface area contributed by atoms with Crippen LogP contribution in [0.25, 0.3) is 0 Å². The van der Waals surface area contributed by atoms with Crippen LogP contribution < -0.4 is 10.6 Å². The number of nitrogens with zero attached hydrogens (tertiary/aromatic N) is 3. The van der Waals surface area contributed by atoms with Crippen molar-refractivity contribution in [3.8, 4) is 0 Å². The summed E-state index contributed by atoms with van der Waals surface area (Å²) in [7, 11) is 1.80. The van der Waals surface area contributed by atoms with Gasteiger partial charge >= 0.3 is 0 Å². The molecule has 7 nitrogen and oxygen atoms in total. The fraction of sp³-hybridized carbons (Fsp3) is 0.750. The van der Waals surface area contributed by atoms with E-state index in [0.717, 1.165) is 32.4 Å². The van der Waals surface area contributed by atoms with E-state index in [1.54, 1.807) is 24.1 Å². The monoisotopic (exact) mass is 373 g/mol. The summed E-state index contributed by atoms with van der Waals surface area (Å²) in [5, 5.41) is 10.6. The Kier molecular flexibility index (Phi) is 5.48. The number of aryl methyl sites for hydroxylation is 1. The van der Waals surface area contributed by atoms with Crippen LogP contribution in [-0.4, -0.2) is 58.2 Å². The van der Waals surface area contributed by atoms with Gasteiger partial charge in [0.15, 0.2) is 0 Å². The number of carbonyl (C=O) groups is 2. The van der Waals surface area contributed by atoms with Crippen LogP contribution in [0.2, 0.25) is 0 Å². The van der Waals surface area contributed by atoms with Gasteiger partial charge in [-0.25, -0.2) is 0 Å². The molecule has 7 heteroatoms. The van der Waals surface area contributed by atoms with Crippen molar-refractivity contribution < 1.29 is 9.59 Å². The zero-order valence-corrected chi connectivity index (χ0v) is 16.2. The number of likely N-dealkylation sites (tertiary alicyclic amines) is 1. The van der Waals surface area contributed by atoms with Gasteiger partial charge in [0, 0.05) is 38.9 Å². The zero-order valence-electron chi connectivity index (χ0n) is 16.2. The SMILES string of the molecule is Cn1cc(C(=O)NCC2CCN(C(=O)C3CC4CCCCC4N3)CC2)cn1. The van der Waals surface area contributed by atoms with Gasteiger partial charge in [-0.15, -0.1) is 0 Å². The van der Waals surface area contributed by atoms with Crippen molar-refractivity contribution in [3.05, 3.63) is 18.0 Å². The molecule has 3 fully saturated rings. The van der Waals surface area contributed by atoms with Gasteiger partial charge in [0.2, 0.25) is 5.91 Å². The van der Waals surface area contributed by atoms with Crippen molar-refractivity contribution in [2.45, 2.75) is 57.0 Å². The summed E-state index contributed by atoms with van der Waals surface area (Å²) >= 11 is 0.